The molecule has 2 bridgehead atoms. The van der Waals surface area contributed by atoms with Gasteiger partial charge in [0.1, 0.15) is 0 Å². The summed E-state index contributed by atoms with van der Waals surface area (Å²) in [6, 6.07) is 0. The van der Waals surface area contributed by atoms with Crippen LogP contribution in [-0.4, -0.2) is 26.2 Å². The average Bonchev–Trinajstić information content (AvgIpc) is 2.88. The molecule has 0 aliphatic heterocycles. The summed E-state index contributed by atoms with van der Waals surface area (Å²) >= 11 is 0. The van der Waals surface area contributed by atoms with Crippen molar-refractivity contribution in [3.8, 4) is 0 Å². The summed E-state index contributed by atoms with van der Waals surface area (Å²) in [5, 5.41) is 0. The molecule has 0 aromatic heterocycles. The maximum absolute atomic E-state index is 11.9. The number of methoxy groups -OCH3 is 2. The molecule has 2 aliphatic rings. The highest BCUT2D eigenvalue weighted by atomic mass is 16.5. The number of hydrogen-bond acceptors (Lipinski definition) is 4. The van der Waals surface area contributed by atoms with Crippen LogP contribution < -0.4 is 0 Å². The lowest BCUT2D eigenvalue weighted by Crippen LogP contribution is -2.38. The zero-order valence-electron chi connectivity index (χ0n) is 9.56. The van der Waals surface area contributed by atoms with Gasteiger partial charge in [-0.3, -0.25) is 9.59 Å². The molecule has 0 spiro atoms. The van der Waals surface area contributed by atoms with Crippen LogP contribution in [0.1, 0.15) is 19.3 Å². The Morgan fingerprint density at radius 2 is 2.06 bits per heavy atom. The van der Waals surface area contributed by atoms with E-state index in [1.807, 2.05) is 6.08 Å². The second kappa shape index (κ2) is 3.92. The van der Waals surface area contributed by atoms with Gasteiger partial charge in [-0.15, -0.1) is 0 Å². The zero-order valence-corrected chi connectivity index (χ0v) is 9.56. The van der Waals surface area contributed by atoms with Crippen LogP contribution in [0.2, 0.25) is 0 Å². The topological polar surface area (TPSA) is 52.6 Å². The van der Waals surface area contributed by atoms with Crippen molar-refractivity contribution >= 4 is 11.9 Å². The third kappa shape index (κ3) is 1.52. The highest BCUT2D eigenvalue weighted by molar-refractivity contribution is 5.84. The fourth-order valence-electron chi connectivity index (χ4n) is 3.00. The molecule has 0 saturated heterocycles. The van der Waals surface area contributed by atoms with Crippen LogP contribution in [0, 0.1) is 17.3 Å². The fraction of sp³-hybridized carbons (Fsp3) is 0.667. The summed E-state index contributed by atoms with van der Waals surface area (Å²) in [7, 11) is 2.72. The number of ether oxygens (including phenoxy) is 2. The number of carbonyl (C=O) groups is 2. The van der Waals surface area contributed by atoms with Crippen molar-refractivity contribution in [1.82, 2.24) is 0 Å². The summed E-state index contributed by atoms with van der Waals surface area (Å²) in [6.45, 7) is 0. The van der Waals surface area contributed by atoms with E-state index in [1.165, 1.54) is 14.2 Å². The Morgan fingerprint density at radius 3 is 2.50 bits per heavy atom. The summed E-state index contributed by atoms with van der Waals surface area (Å²) in [5.41, 5.74) is -0.679. The van der Waals surface area contributed by atoms with Crippen LogP contribution in [0.5, 0.6) is 0 Å². The smallest absolute Gasteiger partial charge is 0.313 e. The number of allylic oxidation sites excluding steroid dienone is 2. The summed E-state index contributed by atoms with van der Waals surface area (Å²) in [5.74, 6) is -0.0843. The first-order valence-corrected chi connectivity index (χ1v) is 5.46. The minimum absolute atomic E-state index is 0.127. The van der Waals surface area contributed by atoms with E-state index in [0.717, 1.165) is 6.42 Å². The van der Waals surface area contributed by atoms with Crippen molar-refractivity contribution in [1.29, 1.82) is 0 Å². The normalized spacial score (nSPS) is 35.1. The molecule has 16 heavy (non-hydrogen) atoms. The standard InChI is InChI=1S/C12H16O4/c1-15-10(13)7-12(11(14)16-2)6-8-3-4-9(12)5-8/h3-4,8-9H,5-7H2,1-2H3. The summed E-state index contributed by atoms with van der Waals surface area (Å²) in [4.78, 5) is 23.3. The van der Waals surface area contributed by atoms with Gasteiger partial charge in [-0.1, -0.05) is 12.2 Å². The number of fused-ring (bicyclic) bond motifs is 2. The van der Waals surface area contributed by atoms with Crippen LogP contribution in [0.3, 0.4) is 0 Å². The Kier molecular flexibility index (Phi) is 2.74. The molecule has 2 aliphatic carbocycles. The second-order valence-corrected chi connectivity index (χ2v) is 4.59. The highest BCUT2D eigenvalue weighted by Crippen LogP contribution is 2.54. The minimum atomic E-state index is -0.679. The van der Waals surface area contributed by atoms with Crippen molar-refractivity contribution in [2.75, 3.05) is 14.2 Å². The van der Waals surface area contributed by atoms with Gasteiger partial charge in [-0.2, -0.15) is 0 Å². The van der Waals surface area contributed by atoms with Gasteiger partial charge in [0.15, 0.2) is 0 Å². The molecule has 0 heterocycles. The van der Waals surface area contributed by atoms with Crippen LogP contribution in [0.4, 0.5) is 0 Å². The lowest BCUT2D eigenvalue weighted by molar-refractivity contribution is -0.161. The molecule has 2 rings (SSSR count). The molecular formula is C12H16O4. The van der Waals surface area contributed by atoms with E-state index in [-0.39, 0.29) is 24.3 Å². The Bertz CT molecular complexity index is 347. The first-order valence-electron chi connectivity index (χ1n) is 5.46. The number of hydrogen-bond donors (Lipinski definition) is 0. The van der Waals surface area contributed by atoms with Gasteiger partial charge in [0.25, 0.3) is 0 Å². The maximum Gasteiger partial charge on any atom is 0.313 e. The van der Waals surface area contributed by atoms with E-state index < -0.39 is 5.41 Å². The monoisotopic (exact) mass is 224 g/mol. The predicted molar refractivity (Wildman–Crippen MR) is 56.4 cm³/mol. The van der Waals surface area contributed by atoms with E-state index in [9.17, 15) is 9.59 Å². The number of carbonyl (C=O) groups excluding carboxylic acids is 2. The first kappa shape index (κ1) is 11.2. The van der Waals surface area contributed by atoms with Crippen LogP contribution in [0.25, 0.3) is 0 Å². The molecule has 3 unspecified atom stereocenters. The van der Waals surface area contributed by atoms with E-state index in [1.54, 1.807) is 0 Å². The molecule has 0 N–H and O–H groups in total. The fourth-order valence-corrected chi connectivity index (χ4v) is 3.00. The molecule has 1 saturated carbocycles. The molecule has 88 valence electrons. The van der Waals surface area contributed by atoms with Crippen LogP contribution in [-0.2, 0) is 19.1 Å². The quantitative estimate of drug-likeness (QED) is 0.535. The Labute approximate surface area is 94.6 Å². The van der Waals surface area contributed by atoms with E-state index in [0.29, 0.717) is 12.3 Å². The van der Waals surface area contributed by atoms with Gasteiger partial charge in [0.2, 0.25) is 0 Å². The van der Waals surface area contributed by atoms with Gasteiger partial charge in [-0.05, 0) is 24.7 Å². The van der Waals surface area contributed by atoms with Crippen LogP contribution >= 0.6 is 0 Å². The molecule has 0 amide bonds. The SMILES string of the molecule is COC(=O)CC1(C(=O)OC)CC2C=CC1C2. The van der Waals surface area contributed by atoms with Gasteiger partial charge in [0.05, 0.1) is 26.1 Å². The largest absolute Gasteiger partial charge is 0.469 e. The van der Waals surface area contributed by atoms with Gasteiger partial charge in [0, 0.05) is 0 Å². The molecule has 0 aromatic carbocycles. The average molecular weight is 224 g/mol. The van der Waals surface area contributed by atoms with Crippen molar-refractivity contribution in [2.45, 2.75) is 19.3 Å². The van der Waals surface area contributed by atoms with Gasteiger partial charge >= 0.3 is 11.9 Å². The van der Waals surface area contributed by atoms with Crippen molar-refractivity contribution < 1.29 is 19.1 Å². The minimum Gasteiger partial charge on any atom is -0.469 e. The molecule has 4 nitrogen and oxygen atoms in total. The van der Waals surface area contributed by atoms with Crippen molar-refractivity contribution in [3.05, 3.63) is 12.2 Å². The van der Waals surface area contributed by atoms with Gasteiger partial charge < -0.3 is 9.47 Å². The molecule has 0 aromatic rings. The lowest BCUT2D eigenvalue weighted by Gasteiger charge is -2.31. The number of rotatable bonds is 3. The summed E-state index contributed by atoms with van der Waals surface area (Å²) < 4.78 is 9.52. The second-order valence-electron chi connectivity index (χ2n) is 4.59. The Morgan fingerprint density at radius 1 is 1.31 bits per heavy atom. The summed E-state index contributed by atoms with van der Waals surface area (Å²) in [6.07, 6.45) is 5.95. The predicted octanol–water partition coefficient (Wildman–Crippen LogP) is 1.30. The van der Waals surface area contributed by atoms with Crippen LogP contribution in [0.15, 0.2) is 12.2 Å². The zero-order chi connectivity index (χ0) is 11.8. The lowest BCUT2D eigenvalue weighted by atomic mass is 9.73. The van der Waals surface area contributed by atoms with Crippen molar-refractivity contribution in [3.63, 3.8) is 0 Å². The molecule has 3 atom stereocenters. The van der Waals surface area contributed by atoms with E-state index >= 15 is 0 Å². The molecule has 4 heteroatoms. The van der Waals surface area contributed by atoms with Gasteiger partial charge in [-0.25, -0.2) is 0 Å². The molecule has 1 fully saturated rings. The van der Waals surface area contributed by atoms with Crippen molar-refractivity contribution in [2.24, 2.45) is 17.3 Å². The Hall–Kier alpha value is -1.32. The highest BCUT2D eigenvalue weighted by Gasteiger charge is 2.55. The van der Waals surface area contributed by atoms with E-state index in [2.05, 4.69) is 10.8 Å². The van der Waals surface area contributed by atoms with E-state index in [4.69, 9.17) is 4.74 Å². The number of esters is 2. The third-order valence-corrected chi connectivity index (χ3v) is 3.79. The molecule has 0 radical (unpaired) electrons. The third-order valence-electron chi connectivity index (χ3n) is 3.79. The Balaban J connectivity index is 2.24. The maximum atomic E-state index is 11.9. The first-order chi connectivity index (χ1) is 7.62. The molecular weight excluding hydrogens is 208 g/mol.